The number of thiazole rings is 1. The standard InChI is InChI=1S/C20H17NO4S/c1-13(22)14-7-8-17(24-2)15(11-14)12-25-20(23)10-9-19-21-16-5-3-4-6-18(16)26-19/h3-11H,12H2,1-2H3. The van der Waals surface area contributed by atoms with E-state index in [1.807, 2.05) is 24.3 Å². The van der Waals surface area contributed by atoms with Crippen LogP contribution in [0.1, 0.15) is 27.9 Å². The predicted molar refractivity (Wildman–Crippen MR) is 101 cm³/mol. The van der Waals surface area contributed by atoms with Gasteiger partial charge < -0.3 is 9.47 Å². The van der Waals surface area contributed by atoms with Gasteiger partial charge in [-0.2, -0.15) is 0 Å². The Hall–Kier alpha value is -2.99. The van der Waals surface area contributed by atoms with Crippen LogP contribution in [0, 0.1) is 0 Å². The van der Waals surface area contributed by atoms with Gasteiger partial charge in [-0.15, -0.1) is 11.3 Å². The highest BCUT2D eigenvalue weighted by molar-refractivity contribution is 7.19. The lowest BCUT2D eigenvalue weighted by molar-refractivity contribution is -0.138. The zero-order chi connectivity index (χ0) is 18.5. The van der Waals surface area contributed by atoms with Crippen LogP contribution in [-0.4, -0.2) is 23.8 Å². The van der Waals surface area contributed by atoms with Gasteiger partial charge in [0.25, 0.3) is 0 Å². The second kappa shape index (κ2) is 7.93. The van der Waals surface area contributed by atoms with Crippen molar-refractivity contribution in [1.29, 1.82) is 0 Å². The van der Waals surface area contributed by atoms with Gasteiger partial charge >= 0.3 is 5.97 Å². The molecule has 1 heterocycles. The van der Waals surface area contributed by atoms with Crippen LogP contribution in [0.25, 0.3) is 16.3 Å². The molecular formula is C20H17NO4S. The summed E-state index contributed by atoms with van der Waals surface area (Å²) in [7, 11) is 1.53. The summed E-state index contributed by atoms with van der Waals surface area (Å²) in [6.45, 7) is 1.51. The number of benzene rings is 2. The quantitative estimate of drug-likeness (QED) is 0.370. The van der Waals surface area contributed by atoms with E-state index in [2.05, 4.69) is 4.98 Å². The third-order valence-electron chi connectivity index (χ3n) is 3.73. The Morgan fingerprint density at radius 2 is 2.00 bits per heavy atom. The molecule has 0 unspecified atom stereocenters. The molecule has 26 heavy (non-hydrogen) atoms. The van der Waals surface area contributed by atoms with Crippen molar-refractivity contribution in [3.63, 3.8) is 0 Å². The molecule has 0 N–H and O–H groups in total. The lowest BCUT2D eigenvalue weighted by Crippen LogP contribution is -2.04. The van der Waals surface area contributed by atoms with E-state index >= 15 is 0 Å². The second-order valence-corrected chi connectivity index (χ2v) is 6.61. The van der Waals surface area contributed by atoms with E-state index < -0.39 is 5.97 Å². The van der Waals surface area contributed by atoms with Gasteiger partial charge in [0.15, 0.2) is 5.78 Å². The van der Waals surface area contributed by atoms with E-state index in [1.165, 1.54) is 31.4 Å². The molecule has 0 radical (unpaired) electrons. The number of ether oxygens (including phenoxy) is 2. The molecule has 132 valence electrons. The van der Waals surface area contributed by atoms with E-state index in [4.69, 9.17) is 9.47 Å². The number of hydrogen-bond acceptors (Lipinski definition) is 6. The maximum Gasteiger partial charge on any atom is 0.331 e. The molecule has 0 atom stereocenters. The number of fused-ring (bicyclic) bond motifs is 1. The van der Waals surface area contributed by atoms with Crippen molar-refractivity contribution in [2.45, 2.75) is 13.5 Å². The zero-order valence-corrected chi connectivity index (χ0v) is 15.2. The number of carbonyl (C=O) groups is 2. The van der Waals surface area contributed by atoms with Crippen LogP contribution < -0.4 is 4.74 Å². The normalized spacial score (nSPS) is 11.0. The first-order chi connectivity index (χ1) is 12.6. The number of rotatable bonds is 6. The summed E-state index contributed by atoms with van der Waals surface area (Å²) in [4.78, 5) is 27.9. The van der Waals surface area contributed by atoms with E-state index in [0.717, 1.165) is 15.2 Å². The minimum absolute atomic E-state index is 0.0211. The molecule has 6 heteroatoms. The van der Waals surface area contributed by atoms with E-state index in [9.17, 15) is 9.59 Å². The van der Waals surface area contributed by atoms with E-state index in [0.29, 0.717) is 16.9 Å². The van der Waals surface area contributed by atoms with E-state index in [-0.39, 0.29) is 12.4 Å². The minimum atomic E-state index is -0.487. The van der Waals surface area contributed by atoms with Gasteiger partial charge in [-0.25, -0.2) is 9.78 Å². The number of ketones is 1. The van der Waals surface area contributed by atoms with Crippen LogP contribution in [-0.2, 0) is 16.1 Å². The van der Waals surface area contributed by atoms with Gasteiger partial charge in [0.1, 0.15) is 17.4 Å². The Morgan fingerprint density at radius 1 is 1.19 bits per heavy atom. The molecule has 2 aromatic carbocycles. The molecule has 3 aromatic rings. The third-order valence-corrected chi connectivity index (χ3v) is 4.73. The van der Waals surface area contributed by atoms with Crippen LogP contribution in [0.2, 0.25) is 0 Å². The topological polar surface area (TPSA) is 65.5 Å². The lowest BCUT2D eigenvalue weighted by atomic mass is 10.1. The third kappa shape index (κ3) is 4.15. The Bertz CT molecular complexity index is 957. The van der Waals surface area contributed by atoms with Gasteiger partial charge in [0, 0.05) is 17.2 Å². The molecule has 3 rings (SSSR count). The minimum Gasteiger partial charge on any atom is -0.496 e. The van der Waals surface area contributed by atoms with Gasteiger partial charge in [-0.1, -0.05) is 12.1 Å². The van der Waals surface area contributed by atoms with Crippen LogP contribution in [0.3, 0.4) is 0 Å². The molecule has 0 aliphatic carbocycles. The van der Waals surface area contributed by atoms with Crippen LogP contribution >= 0.6 is 11.3 Å². The Balaban J connectivity index is 1.66. The largest absolute Gasteiger partial charge is 0.496 e. The molecule has 0 bridgehead atoms. The number of hydrogen-bond donors (Lipinski definition) is 0. The first-order valence-corrected chi connectivity index (χ1v) is 8.76. The molecule has 1 aromatic heterocycles. The highest BCUT2D eigenvalue weighted by Gasteiger charge is 2.09. The van der Waals surface area contributed by atoms with Crippen LogP contribution in [0.5, 0.6) is 5.75 Å². The summed E-state index contributed by atoms with van der Waals surface area (Å²) in [6.07, 6.45) is 2.98. The molecule has 0 aliphatic rings. The van der Waals surface area contributed by atoms with Gasteiger partial charge in [-0.3, -0.25) is 4.79 Å². The molecule has 0 saturated heterocycles. The zero-order valence-electron chi connectivity index (χ0n) is 14.4. The van der Waals surface area contributed by atoms with Crippen LogP contribution in [0.15, 0.2) is 48.5 Å². The number of para-hydroxylation sites is 1. The first-order valence-electron chi connectivity index (χ1n) is 7.95. The fraction of sp³-hybridized carbons (Fsp3) is 0.150. The van der Waals surface area contributed by atoms with Gasteiger partial charge in [0.05, 0.1) is 17.3 Å². The van der Waals surface area contributed by atoms with Crippen molar-refractivity contribution < 1.29 is 19.1 Å². The number of methoxy groups -OCH3 is 1. The second-order valence-electron chi connectivity index (χ2n) is 5.54. The number of esters is 1. The molecule has 0 spiro atoms. The van der Waals surface area contributed by atoms with Crippen molar-refractivity contribution >= 4 is 39.4 Å². The SMILES string of the molecule is COc1ccc(C(C)=O)cc1COC(=O)C=Cc1nc2ccccc2s1. The molecule has 0 fully saturated rings. The number of Topliss-reactive ketones (excluding diaryl/α,β-unsaturated/α-hetero) is 1. The Kier molecular flexibility index (Phi) is 5.43. The summed E-state index contributed by atoms with van der Waals surface area (Å²) in [5.41, 5.74) is 2.08. The maximum absolute atomic E-state index is 12.0. The van der Waals surface area contributed by atoms with Crippen LogP contribution in [0.4, 0.5) is 0 Å². The van der Waals surface area contributed by atoms with Crippen molar-refractivity contribution in [3.05, 3.63) is 64.7 Å². The number of aromatic nitrogens is 1. The maximum atomic E-state index is 12.0. The van der Waals surface area contributed by atoms with Crippen molar-refractivity contribution in [3.8, 4) is 5.75 Å². The van der Waals surface area contributed by atoms with Gasteiger partial charge in [-0.05, 0) is 43.3 Å². The summed E-state index contributed by atoms with van der Waals surface area (Å²) < 4.78 is 11.6. The summed E-state index contributed by atoms with van der Waals surface area (Å²) >= 11 is 1.50. The molecular weight excluding hydrogens is 350 g/mol. The number of carbonyl (C=O) groups excluding carboxylic acids is 2. The average Bonchev–Trinajstić information content (AvgIpc) is 3.07. The predicted octanol–water partition coefficient (Wildman–Crippen LogP) is 4.26. The van der Waals surface area contributed by atoms with E-state index in [1.54, 1.807) is 24.3 Å². The molecule has 0 saturated carbocycles. The highest BCUT2D eigenvalue weighted by Crippen LogP contribution is 2.23. The fourth-order valence-electron chi connectivity index (χ4n) is 2.41. The fourth-order valence-corrected chi connectivity index (χ4v) is 3.28. The van der Waals surface area contributed by atoms with Gasteiger partial charge in [0.2, 0.25) is 0 Å². The van der Waals surface area contributed by atoms with Crippen molar-refractivity contribution in [1.82, 2.24) is 4.98 Å². The highest BCUT2D eigenvalue weighted by atomic mass is 32.1. The first kappa shape index (κ1) is 17.8. The van der Waals surface area contributed by atoms with Crippen molar-refractivity contribution in [2.75, 3.05) is 7.11 Å². The summed E-state index contributed by atoms with van der Waals surface area (Å²) in [5, 5.41) is 0.735. The smallest absolute Gasteiger partial charge is 0.331 e. The average molecular weight is 367 g/mol. The summed E-state index contributed by atoms with van der Waals surface area (Å²) in [5.74, 6) is 0.0217. The lowest BCUT2D eigenvalue weighted by Gasteiger charge is -2.09. The number of nitrogens with zero attached hydrogens (tertiary/aromatic N) is 1. The molecule has 5 nitrogen and oxygen atoms in total. The monoisotopic (exact) mass is 367 g/mol. The molecule has 0 amide bonds. The van der Waals surface area contributed by atoms with Crippen molar-refractivity contribution in [2.24, 2.45) is 0 Å². The Labute approximate surface area is 154 Å². The Morgan fingerprint density at radius 3 is 2.73 bits per heavy atom. The molecule has 0 aliphatic heterocycles. The summed E-state index contributed by atoms with van der Waals surface area (Å²) in [6, 6.07) is 12.8.